The van der Waals surface area contributed by atoms with Gasteiger partial charge in [0.1, 0.15) is 17.3 Å². The lowest BCUT2D eigenvalue weighted by Gasteiger charge is -2.16. The molecule has 198 valence electrons. The second-order valence-electron chi connectivity index (χ2n) is 8.12. The van der Waals surface area contributed by atoms with Gasteiger partial charge >= 0.3 is 0 Å². The van der Waals surface area contributed by atoms with Crippen LogP contribution in [0.3, 0.4) is 0 Å². The number of anilines is 1. The van der Waals surface area contributed by atoms with Crippen LogP contribution in [0.2, 0.25) is 0 Å². The summed E-state index contributed by atoms with van der Waals surface area (Å²) in [7, 11) is 0. The van der Waals surface area contributed by atoms with E-state index in [1.807, 2.05) is 25.1 Å². The number of hydrogen-bond acceptors (Lipinski definition) is 9. The number of nitrogens with two attached hydrogens (primary N) is 2. The summed E-state index contributed by atoms with van der Waals surface area (Å²) in [5, 5.41) is 12.4. The van der Waals surface area contributed by atoms with Crippen molar-refractivity contribution in [3.05, 3.63) is 60.0 Å². The quantitative estimate of drug-likeness (QED) is 0.226. The second-order valence-corrected chi connectivity index (χ2v) is 8.12. The number of phenols is 1. The van der Waals surface area contributed by atoms with E-state index in [1.54, 1.807) is 30.6 Å². The second kappa shape index (κ2) is 14.9. The van der Waals surface area contributed by atoms with Crippen molar-refractivity contribution < 1.29 is 24.1 Å². The number of rotatable bonds is 15. The van der Waals surface area contributed by atoms with Crippen LogP contribution >= 0.6 is 0 Å². The first-order valence-electron chi connectivity index (χ1n) is 12.3. The number of hydrogen-bond donors (Lipinski definition) is 4. The Bertz CT molecular complexity index is 1120. The maximum Gasteiger partial charge on any atom is 0.269 e. The fraction of sp³-hybridized carbons (Fsp3) is 0.370. The van der Waals surface area contributed by atoms with E-state index in [-0.39, 0.29) is 11.7 Å². The molecule has 1 aromatic carbocycles. The Kier molecular flexibility index (Phi) is 11.2. The SMILES string of the molecule is CCc1c(-c2ccc(C(=O)NCCOCCOCCOCCN)nc2)cnc(N)c1-c1ccc(O)cc1. The van der Waals surface area contributed by atoms with Gasteiger partial charge in [-0.3, -0.25) is 9.78 Å². The highest BCUT2D eigenvalue weighted by molar-refractivity contribution is 5.92. The number of nitrogen functional groups attached to an aromatic ring is 1. The summed E-state index contributed by atoms with van der Waals surface area (Å²) in [4.78, 5) is 21.2. The molecule has 3 rings (SSSR count). The molecule has 3 aromatic rings. The molecule has 10 nitrogen and oxygen atoms in total. The summed E-state index contributed by atoms with van der Waals surface area (Å²) >= 11 is 0. The zero-order valence-corrected chi connectivity index (χ0v) is 21.1. The first-order valence-corrected chi connectivity index (χ1v) is 12.3. The third-order valence-corrected chi connectivity index (χ3v) is 5.57. The van der Waals surface area contributed by atoms with E-state index in [9.17, 15) is 9.90 Å². The van der Waals surface area contributed by atoms with Gasteiger partial charge in [-0.2, -0.15) is 0 Å². The van der Waals surface area contributed by atoms with Crippen molar-refractivity contribution >= 4 is 11.7 Å². The van der Waals surface area contributed by atoms with Crippen molar-refractivity contribution in [3.8, 4) is 28.0 Å². The van der Waals surface area contributed by atoms with Gasteiger partial charge in [-0.05, 0) is 35.7 Å². The largest absolute Gasteiger partial charge is 0.508 e. The van der Waals surface area contributed by atoms with Crippen LogP contribution in [-0.4, -0.2) is 73.7 Å². The molecule has 0 unspecified atom stereocenters. The lowest BCUT2D eigenvalue weighted by molar-refractivity contribution is 0.0166. The summed E-state index contributed by atoms with van der Waals surface area (Å²) in [6.45, 7) is 5.68. The summed E-state index contributed by atoms with van der Waals surface area (Å²) in [5.41, 5.74) is 16.3. The number of benzene rings is 1. The van der Waals surface area contributed by atoms with Crippen molar-refractivity contribution in [2.24, 2.45) is 5.73 Å². The van der Waals surface area contributed by atoms with Gasteiger partial charge < -0.3 is 36.1 Å². The van der Waals surface area contributed by atoms with E-state index in [2.05, 4.69) is 15.3 Å². The fourth-order valence-corrected chi connectivity index (χ4v) is 3.77. The van der Waals surface area contributed by atoms with Gasteiger partial charge in [-0.1, -0.05) is 25.1 Å². The van der Waals surface area contributed by atoms with Gasteiger partial charge in [-0.15, -0.1) is 0 Å². The number of nitrogens with zero attached hydrogens (tertiary/aromatic N) is 2. The molecular formula is C27H35N5O5. The molecule has 0 saturated carbocycles. The Labute approximate surface area is 217 Å². The standard InChI is InChI=1S/C27H35N5O5/c1-2-22-23(18-32-26(29)25(22)19-3-6-21(33)7-4-19)20-5-8-24(31-17-20)27(34)30-10-12-36-14-16-37-15-13-35-11-9-28/h3-8,17-18,33H,2,9-16,28H2,1H3,(H2,29,32)(H,30,34). The molecule has 0 fully saturated rings. The Morgan fingerprint density at radius 2 is 1.54 bits per heavy atom. The summed E-state index contributed by atoms with van der Waals surface area (Å²) in [6.07, 6.45) is 4.10. The van der Waals surface area contributed by atoms with Gasteiger partial charge in [0.15, 0.2) is 0 Å². The number of nitrogens with one attached hydrogen (secondary N) is 1. The average Bonchev–Trinajstić information content (AvgIpc) is 2.92. The molecule has 0 atom stereocenters. The summed E-state index contributed by atoms with van der Waals surface area (Å²) in [6, 6.07) is 10.4. The van der Waals surface area contributed by atoms with Gasteiger partial charge in [0.05, 0.1) is 39.6 Å². The first kappa shape index (κ1) is 28.0. The molecule has 0 radical (unpaired) electrons. The average molecular weight is 510 g/mol. The number of aromatic hydroxyl groups is 1. The van der Waals surface area contributed by atoms with Crippen molar-refractivity contribution in [1.82, 2.24) is 15.3 Å². The Morgan fingerprint density at radius 1 is 0.892 bits per heavy atom. The highest BCUT2D eigenvalue weighted by Crippen LogP contribution is 2.36. The first-order chi connectivity index (χ1) is 18.0. The molecule has 0 bridgehead atoms. The van der Waals surface area contributed by atoms with E-state index in [1.165, 1.54) is 0 Å². The van der Waals surface area contributed by atoms with E-state index in [0.717, 1.165) is 27.8 Å². The normalized spacial score (nSPS) is 11.0. The summed E-state index contributed by atoms with van der Waals surface area (Å²) < 4.78 is 16.0. The molecule has 0 aliphatic heterocycles. The van der Waals surface area contributed by atoms with Crippen LogP contribution in [0.4, 0.5) is 5.82 Å². The smallest absolute Gasteiger partial charge is 0.269 e. The maximum absolute atomic E-state index is 12.5. The number of pyridine rings is 2. The topological polar surface area (TPSA) is 155 Å². The predicted molar refractivity (Wildman–Crippen MR) is 142 cm³/mol. The number of carbonyl (C=O) groups excluding carboxylic acids is 1. The molecule has 6 N–H and O–H groups in total. The van der Waals surface area contributed by atoms with Crippen LogP contribution in [-0.2, 0) is 20.6 Å². The van der Waals surface area contributed by atoms with Crippen LogP contribution < -0.4 is 16.8 Å². The minimum atomic E-state index is -0.278. The highest BCUT2D eigenvalue weighted by atomic mass is 16.5. The van der Waals surface area contributed by atoms with E-state index >= 15 is 0 Å². The number of phenolic OH excluding ortho intramolecular Hbond substituents is 1. The number of amides is 1. The monoisotopic (exact) mass is 509 g/mol. The Balaban J connectivity index is 1.53. The maximum atomic E-state index is 12.5. The van der Waals surface area contributed by atoms with Gasteiger partial charge in [0.25, 0.3) is 5.91 Å². The number of carbonyl (C=O) groups is 1. The molecule has 0 aliphatic rings. The third kappa shape index (κ3) is 8.22. The van der Waals surface area contributed by atoms with Gasteiger partial charge in [0, 0.05) is 42.2 Å². The van der Waals surface area contributed by atoms with Crippen molar-refractivity contribution in [3.63, 3.8) is 0 Å². The van der Waals surface area contributed by atoms with Crippen LogP contribution in [0, 0.1) is 0 Å². The van der Waals surface area contributed by atoms with E-state index in [4.69, 9.17) is 25.7 Å². The van der Waals surface area contributed by atoms with Crippen LogP contribution in [0.1, 0.15) is 23.0 Å². The van der Waals surface area contributed by atoms with Crippen LogP contribution in [0.5, 0.6) is 5.75 Å². The molecule has 2 aromatic heterocycles. The van der Waals surface area contributed by atoms with Gasteiger partial charge in [-0.25, -0.2) is 4.98 Å². The molecule has 0 spiro atoms. The molecule has 10 heteroatoms. The lowest BCUT2D eigenvalue weighted by Crippen LogP contribution is -2.28. The zero-order chi connectivity index (χ0) is 26.5. The Hall–Kier alpha value is -3.57. The molecular weight excluding hydrogens is 474 g/mol. The van der Waals surface area contributed by atoms with Crippen LogP contribution in [0.15, 0.2) is 48.8 Å². The minimum Gasteiger partial charge on any atom is -0.508 e. The van der Waals surface area contributed by atoms with E-state index < -0.39 is 0 Å². The van der Waals surface area contributed by atoms with Crippen molar-refractivity contribution in [2.75, 3.05) is 58.5 Å². The predicted octanol–water partition coefficient (Wildman–Crippen LogP) is 2.40. The highest BCUT2D eigenvalue weighted by Gasteiger charge is 2.16. The molecule has 2 heterocycles. The lowest BCUT2D eigenvalue weighted by atomic mass is 9.92. The molecule has 0 saturated heterocycles. The third-order valence-electron chi connectivity index (χ3n) is 5.57. The zero-order valence-electron chi connectivity index (χ0n) is 21.1. The molecule has 0 aliphatic carbocycles. The fourth-order valence-electron chi connectivity index (χ4n) is 3.77. The molecule has 37 heavy (non-hydrogen) atoms. The minimum absolute atomic E-state index is 0.184. The molecule has 1 amide bonds. The Morgan fingerprint density at radius 3 is 2.16 bits per heavy atom. The summed E-state index contributed by atoms with van der Waals surface area (Å²) in [5.74, 6) is 0.323. The number of aromatic nitrogens is 2. The van der Waals surface area contributed by atoms with Gasteiger partial charge in [0.2, 0.25) is 0 Å². The van der Waals surface area contributed by atoms with E-state index in [0.29, 0.717) is 70.7 Å². The van der Waals surface area contributed by atoms with Crippen molar-refractivity contribution in [2.45, 2.75) is 13.3 Å². The van der Waals surface area contributed by atoms with Crippen molar-refractivity contribution in [1.29, 1.82) is 0 Å². The number of ether oxygens (including phenoxy) is 3. The van der Waals surface area contributed by atoms with Crippen LogP contribution in [0.25, 0.3) is 22.3 Å².